The van der Waals surface area contributed by atoms with Gasteiger partial charge in [-0.15, -0.1) is 5.10 Å². The summed E-state index contributed by atoms with van der Waals surface area (Å²) in [5.41, 5.74) is 7.04. The fraction of sp³-hybridized carbons (Fsp3) is 0.308. The third kappa shape index (κ3) is 2.40. The Bertz CT molecular complexity index is 597. The lowest BCUT2D eigenvalue weighted by Crippen LogP contribution is -2.31. The van der Waals surface area contributed by atoms with Gasteiger partial charge >= 0.3 is 0 Å². The molecule has 0 aliphatic heterocycles. The molecule has 19 heavy (non-hydrogen) atoms. The average molecular weight is 323 g/mol. The van der Waals surface area contributed by atoms with Gasteiger partial charge in [-0.3, -0.25) is 4.79 Å². The first-order chi connectivity index (χ1) is 8.84. The minimum absolute atomic E-state index is 0.0448. The lowest BCUT2D eigenvalue weighted by atomic mass is 9.79. The zero-order valence-corrected chi connectivity index (χ0v) is 12.6. The number of hydrogen-bond donors (Lipinski definition) is 1. The maximum Gasteiger partial charge on any atom is 0.193 e. The van der Waals surface area contributed by atoms with Crippen LogP contribution in [0.15, 0.2) is 28.9 Å². The van der Waals surface area contributed by atoms with Crippen LogP contribution in [0.5, 0.6) is 0 Å². The molecule has 6 heteroatoms. The second-order valence-electron chi connectivity index (χ2n) is 4.93. The zero-order chi connectivity index (χ0) is 14.2. The van der Waals surface area contributed by atoms with Crippen LogP contribution < -0.4 is 5.73 Å². The summed E-state index contributed by atoms with van der Waals surface area (Å²) in [6, 6.07) is 7.32. The summed E-state index contributed by atoms with van der Waals surface area (Å²) in [6.07, 6.45) is 0. The molecule has 0 aliphatic carbocycles. The van der Waals surface area contributed by atoms with Crippen LogP contribution in [0.4, 0.5) is 5.69 Å². The Morgan fingerprint density at radius 2 is 1.89 bits per heavy atom. The number of nitrogens with two attached hydrogens (primary N) is 1. The van der Waals surface area contributed by atoms with Gasteiger partial charge in [0.15, 0.2) is 10.4 Å². The molecule has 0 fully saturated rings. The van der Waals surface area contributed by atoms with E-state index in [1.807, 2.05) is 26.0 Å². The molecule has 0 amide bonds. The second kappa shape index (κ2) is 4.77. The molecule has 0 spiro atoms. The zero-order valence-electron chi connectivity index (χ0n) is 11.0. The summed E-state index contributed by atoms with van der Waals surface area (Å²) in [7, 11) is 1.70. The van der Waals surface area contributed by atoms with Gasteiger partial charge in [-0.25, -0.2) is 4.68 Å². The highest BCUT2D eigenvalue weighted by Gasteiger charge is 2.34. The van der Waals surface area contributed by atoms with Crippen LogP contribution in [-0.4, -0.2) is 20.8 Å². The van der Waals surface area contributed by atoms with Crippen molar-refractivity contribution in [3.8, 4) is 0 Å². The number of carbonyl (C=O) groups is 1. The molecule has 0 saturated heterocycles. The van der Waals surface area contributed by atoms with Crippen molar-refractivity contribution in [1.29, 1.82) is 0 Å². The number of carbonyl (C=O) groups excluding carboxylic acids is 1. The van der Waals surface area contributed by atoms with Crippen molar-refractivity contribution < 1.29 is 4.79 Å². The Balaban J connectivity index is 2.45. The lowest BCUT2D eigenvalue weighted by Gasteiger charge is -2.23. The quantitative estimate of drug-likeness (QED) is 0.695. The Hall–Kier alpha value is -1.69. The number of hydrogen-bond acceptors (Lipinski definition) is 4. The van der Waals surface area contributed by atoms with E-state index in [0.717, 1.165) is 5.56 Å². The number of aromatic nitrogens is 3. The predicted molar refractivity (Wildman–Crippen MR) is 76.9 cm³/mol. The van der Waals surface area contributed by atoms with E-state index in [-0.39, 0.29) is 5.78 Å². The summed E-state index contributed by atoms with van der Waals surface area (Å²) in [5.74, 6) is -0.0448. The number of benzene rings is 1. The predicted octanol–water partition coefficient (Wildman–Crippen LogP) is 2.32. The van der Waals surface area contributed by atoms with E-state index in [1.165, 1.54) is 4.68 Å². The Labute approximate surface area is 119 Å². The third-order valence-corrected chi connectivity index (χ3v) is 3.73. The summed E-state index contributed by atoms with van der Waals surface area (Å²) >= 11 is 3.26. The smallest absolute Gasteiger partial charge is 0.193 e. The van der Waals surface area contributed by atoms with Gasteiger partial charge in [0, 0.05) is 12.7 Å². The summed E-state index contributed by atoms with van der Waals surface area (Å²) < 4.78 is 1.94. The molecule has 1 aromatic heterocycles. The number of nitrogen functional groups attached to an aromatic ring is 1. The van der Waals surface area contributed by atoms with E-state index in [0.29, 0.717) is 16.0 Å². The van der Waals surface area contributed by atoms with Crippen molar-refractivity contribution in [3.05, 3.63) is 40.1 Å². The number of rotatable bonds is 3. The first-order valence-corrected chi connectivity index (χ1v) is 6.59. The van der Waals surface area contributed by atoms with Crippen LogP contribution in [0.3, 0.4) is 0 Å². The van der Waals surface area contributed by atoms with Crippen LogP contribution >= 0.6 is 15.9 Å². The van der Waals surface area contributed by atoms with Crippen molar-refractivity contribution in [1.82, 2.24) is 15.0 Å². The molecule has 0 saturated carbocycles. The molecule has 5 nitrogen and oxygen atoms in total. The van der Waals surface area contributed by atoms with Gasteiger partial charge in [-0.2, -0.15) is 0 Å². The summed E-state index contributed by atoms with van der Waals surface area (Å²) in [6.45, 7) is 3.75. The molecule has 2 N–H and O–H groups in total. The van der Waals surface area contributed by atoms with Crippen molar-refractivity contribution in [2.75, 3.05) is 5.73 Å². The largest absolute Gasteiger partial charge is 0.399 e. The number of anilines is 1. The normalized spacial score (nSPS) is 11.6. The van der Waals surface area contributed by atoms with E-state index in [2.05, 4.69) is 26.2 Å². The van der Waals surface area contributed by atoms with Crippen LogP contribution in [0.1, 0.15) is 29.9 Å². The van der Waals surface area contributed by atoms with Crippen LogP contribution in [0, 0.1) is 0 Å². The SMILES string of the molecule is Cn1nnc(Br)c1C(=O)C(C)(C)c1ccc(N)cc1. The molecule has 2 rings (SSSR count). The van der Waals surface area contributed by atoms with Gasteiger partial charge in [-0.1, -0.05) is 17.3 Å². The van der Waals surface area contributed by atoms with Gasteiger partial charge in [0.05, 0.1) is 5.41 Å². The van der Waals surface area contributed by atoms with Gasteiger partial charge in [0.2, 0.25) is 0 Å². The van der Waals surface area contributed by atoms with Crippen LogP contribution in [0.25, 0.3) is 0 Å². The second-order valence-corrected chi connectivity index (χ2v) is 5.68. The Morgan fingerprint density at radius 1 is 1.32 bits per heavy atom. The number of ketones is 1. The monoisotopic (exact) mass is 322 g/mol. The first-order valence-electron chi connectivity index (χ1n) is 5.80. The standard InChI is InChI=1S/C13H15BrN4O/c1-13(2,8-4-6-9(15)7-5-8)11(19)10-12(14)16-17-18(10)3/h4-7H,15H2,1-3H3. The van der Waals surface area contributed by atoms with E-state index < -0.39 is 5.41 Å². The maximum atomic E-state index is 12.7. The van der Waals surface area contributed by atoms with Gasteiger partial charge in [0.1, 0.15) is 5.69 Å². The number of aryl methyl sites for hydroxylation is 1. The highest BCUT2D eigenvalue weighted by molar-refractivity contribution is 9.10. The van der Waals surface area contributed by atoms with E-state index in [1.54, 1.807) is 19.2 Å². The van der Waals surface area contributed by atoms with Crippen molar-refractivity contribution >= 4 is 27.4 Å². The number of nitrogens with zero attached hydrogens (tertiary/aromatic N) is 3. The highest BCUT2D eigenvalue weighted by atomic mass is 79.9. The fourth-order valence-corrected chi connectivity index (χ4v) is 2.41. The van der Waals surface area contributed by atoms with E-state index in [9.17, 15) is 4.79 Å². The summed E-state index contributed by atoms with van der Waals surface area (Å²) in [5, 5.41) is 7.68. The maximum absolute atomic E-state index is 12.7. The van der Waals surface area contributed by atoms with E-state index in [4.69, 9.17) is 5.73 Å². The molecule has 2 aromatic rings. The average Bonchev–Trinajstić information content (AvgIpc) is 2.68. The van der Waals surface area contributed by atoms with Crippen molar-refractivity contribution in [2.45, 2.75) is 19.3 Å². The minimum atomic E-state index is -0.675. The fourth-order valence-electron chi connectivity index (χ4n) is 1.90. The molecule has 1 heterocycles. The Kier molecular flexibility index (Phi) is 3.45. The van der Waals surface area contributed by atoms with Gasteiger partial charge in [0.25, 0.3) is 0 Å². The third-order valence-electron chi connectivity index (χ3n) is 3.20. The number of Topliss-reactive ketones (excluding diaryl/α,β-unsaturated/α-hetero) is 1. The van der Waals surface area contributed by atoms with E-state index >= 15 is 0 Å². The molecule has 0 radical (unpaired) electrons. The molecule has 0 bridgehead atoms. The first kappa shape index (κ1) is 13.7. The van der Waals surface area contributed by atoms with Crippen molar-refractivity contribution in [3.63, 3.8) is 0 Å². The van der Waals surface area contributed by atoms with Crippen LogP contribution in [-0.2, 0) is 12.5 Å². The topological polar surface area (TPSA) is 73.8 Å². The Morgan fingerprint density at radius 3 is 2.37 bits per heavy atom. The molecule has 1 aromatic carbocycles. The molecule has 100 valence electrons. The highest BCUT2D eigenvalue weighted by Crippen LogP contribution is 2.30. The summed E-state index contributed by atoms with van der Waals surface area (Å²) in [4.78, 5) is 12.7. The van der Waals surface area contributed by atoms with Crippen LogP contribution in [0.2, 0.25) is 0 Å². The molecule has 0 atom stereocenters. The molecule has 0 aliphatic rings. The molecule has 0 unspecified atom stereocenters. The molecular weight excluding hydrogens is 308 g/mol. The minimum Gasteiger partial charge on any atom is -0.399 e. The molecular formula is C13H15BrN4O. The van der Waals surface area contributed by atoms with Gasteiger partial charge < -0.3 is 5.73 Å². The van der Waals surface area contributed by atoms with Crippen molar-refractivity contribution in [2.24, 2.45) is 7.05 Å². The van der Waals surface area contributed by atoms with Gasteiger partial charge in [-0.05, 0) is 47.5 Å². The number of halogens is 1. The lowest BCUT2D eigenvalue weighted by molar-refractivity contribution is 0.0898.